The van der Waals surface area contributed by atoms with E-state index in [-0.39, 0.29) is 22.6 Å². The van der Waals surface area contributed by atoms with Crippen LogP contribution in [0.2, 0.25) is 5.02 Å². The monoisotopic (exact) mass is 630 g/mol. The minimum absolute atomic E-state index is 0.0246. The minimum atomic E-state index is -0.274. The third-order valence-electron chi connectivity index (χ3n) is 8.44. The minimum Gasteiger partial charge on any atom is -0.508 e. The number of carbonyl (C=O) groups is 1. The number of amides is 1. The van der Waals surface area contributed by atoms with Crippen molar-refractivity contribution in [3.05, 3.63) is 112 Å². The maximum atomic E-state index is 12.4. The fraction of sp³-hybridized carbons (Fsp3) is 0.395. The molecule has 1 amide bonds. The number of phenols is 2. The van der Waals surface area contributed by atoms with Crippen molar-refractivity contribution >= 4 is 17.5 Å². The van der Waals surface area contributed by atoms with Crippen LogP contribution in [0.25, 0.3) is 0 Å². The lowest BCUT2D eigenvalue weighted by atomic mass is 9.82. The van der Waals surface area contributed by atoms with Crippen LogP contribution < -0.4 is 10.1 Å². The highest BCUT2D eigenvalue weighted by atomic mass is 35.5. The van der Waals surface area contributed by atoms with E-state index in [1.807, 2.05) is 36.4 Å². The van der Waals surface area contributed by atoms with Gasteiger partial charge in [0.25, 0.3) is 5.91 Å². The molecule has 3 N–H and O–H groups in total. The molecule has 7 heteroatoms. The van der Waals surface area contributed by atoms with Gasteiger partial charge >= 0.3 is 0 Å². The molecule has 1 atom stereocenters. The van der Waals surface area contributed by atoms with Crippen molar-refractivity contribution in [2.45, 2.75) is 77.8 Å². The smallest absolute Gasteiger partial charge is 0.252 e. The molecule has 0 unspecified atom stereocenters. The van der Waals surface area contributed by atoms with Gasteiger partial charge in [-0.1, -0.05) is 59.7 Å². The Labute approximate surface area is 273 Å². The number of rotatable bonds is 15. The Balaban J connectivity index is 1.32. The van der Waals surface area contributed by atoms with Crippen LogP contribution >= 0.6 is 11.6 Å². The molecule has 0 saturated carbocycles. The normalized spacial score (nSPS) is 13.7. The fourth-order valence-electron chi connectivity index (χ4n) is 6.02. The molecule has 0 aliphatic heterocycles. The van der Waals surface area contributed by atoms with E-state index in [0.29, 0.717) is 43.0 Å². The first-order valence-electron chi connectivity index (χ1n) is 16.0. The molecule has 0 heterocycles. The van der Waals surface area contributed by atoms with Crippen LogP contribution in [-0.2, 0) is 12.8 Å². The number of nitrogens with zero attached hydrogens (tertiary/aromatic N) is 1. The van der Waals surface area contributed by atoms with Crippen molar-refractivity contribution in [3.8, 4) is 17.2 Å². The zero-order chi connectivity index (χ0) is 32.3. The van der Waals surface area contributed by atoms with Crippen LogP contribution in [0.3, 0.4) is 0 Å². The maximum absolute atomic E-state index is 12.4. The summed E-state index contributed by atoms with van der Waals surface area (Å²) in [6.45, 7) is 11.0. The Morgan fingerprint density at radius 2 is 1.69 bits per heavy atom. The second-order valence-electron chi connectivity index (χ2n) is 12.3. The van der Waals surface area contributed by atoms with E-state index in [4.69, 9.17) is 16.3 Å². The summed E-state index contributed by atoms with van der Waals surface area (Å²) in [5.74, 6) is 1.07. The van der Waals surface area contributed by atoms with Gasteiger partial charge in [-0.3, -0.25) is 9.69 Å². The summed E-state index contributed by atoms with van der Waals surface area (Å²) in [6, 6.07) is 19.1. The van der Waals surface area contributed by atoms with E-state index in [1.165, 1.54) is 23.8 Å². The summed E-state index contributed by atoms with van der Waals surface area (Å²) >= 11 is 6.07. The molecule has 0 spiro atoms. The van der Waals surface area contributed by atoms with Gasteiger partial charge in [0.2, 0.25) is 0 Å². The quantitative estimate of drug-likeness (QED) is 0.158. The fourth-order valence-corrected chi connectivity index (χ4v) is 6.29. The third kappa shape index (κ3) is 9.87. The van der Waals surface area contributed by atoms with Gasteiger partial charge in [-0.25, -0.2) is 0 Å². The zero-order valence-corrected chi connectivity index (χ0v) is 27.7. The second-order valence-corrected chi connectivity index (χ2v) is 12.7. The lowest BCUT2D eigenvalue weighted by molar-refractivity contribution is 0.0954. The number of nitrogens with one attached hydrogen (secondary N) is 1. The van der Waals surface area contributed by atoms with E-state index < -0.39 is 0 Å². The third-order valence-corrected chi connectivity index (χ3v) is 8.76. The van der Waals surface area contributed by atoms with Gasteiger partial charge in [-0.05, 0) is 107 Å². The Morgan fingerprint density at radius 1 is 0.956 bits per heavy atom. The summed E-state index contributed by atoms with van der Waals surface area (Å²) in [7, 11) is 0. The highest BCUT2D eigenvalue weighted by Crippen LogP contribution is 2.38. The predicted octanol–water partition coefficient (Wildman–Crippen LogP) is 8.21. The van der Waals surface area contributed by atoms with Gasteiger partial charge in [0, 0.05) is 36.5 Å². The number of phenolic OH excluding ortho intramolecular Hbond substituents is 2. The van der Waals surface area contributed by atoms with Crippen molar-refractivity contribution in [2.75, 3.05) is 19.7 Å². The first kappa shape index (κ1) is 34.1. The predicted molar refractivity (Wildman–Crippen MR) is 184 cm³/mol. The molecule has 3 aromatic carbocycles. The molecule has 4 rings (SSSR count). The van der Waals surface area contributed by atoms with Crippen molar-refractivity contribution < 1.29 is 19.7 Å². The van der Waals surface area contributed by atoms with Crippen LogP contribution in [0.4, 0.5) is 0 Å². The summed E-state index contributed by atoms with van der Waals surface area (Å²) < 4.78 is 6.07. The molecule has 0 bridgehead atoms. The molecular weight excluding hydrogens is 584 g/mol. The Morgan fingerprint density at radius 3 is 2.36 bits per heavy atom. The second kappa shape index (κ2) is 16.5. The molecule has 45 heavy (non-hydrogen) atoms. The molecule has 3 aromatic rings. The van der Waals surface area contributed by atoms with E-state index in [9.17, 15) is 15.0 Å². The van der Waals surface area contributed by atoms with Crippen LogP contribution in [0, 0.1) is 0 Å². The van der Waals surface area contributed by atoms with Crippen LogP contribution in [0.1, 0.15) is 79.9 Å². The molecule has 0 radical (unpaired) electrons. The molecule has 6 nitrogen and oxygen atoms in total. The topological polar surface area (TPSA) is 82.0 Å². The molecule has 0 fully saturated rings. The number of halogens is 1. The van der Waals surface area contributed by atoms with Crippen molar-refractivity contribution in [2.24, 2.45) is 0 Å². The van der Waals surface area contributed by atoms with Crippen molar-refractivity contribution in [1.29, 1.82) is 0 Å². The van der Waals surface area contributed by atoms with Gasteiger partial charge in [-0.2, -0.15) is 0 Å². The Kier molecular flexibility index (Phi) is 12.5. The van der Waals surface area contributed by atoms with Crippen LogP contribution in [0.15, 0.2) is 84.5 Å². The van der Waals surface area contributed by atoms with E-state index >= 15 is 0 Å². The number of ether oxygens (including phenoxy) is 1. The van der Waals surface area contributed by atoms with Crippen molar-refractivity contribution in [1.82, 2.24) is 10.2 Å². The highest BCUT2D eigenvalue weighted by Gasteiger charge is 2.23. The van der Waals surface area contributed by atoms with Crippen LogP contribution in [-0.4, -0.2) is 52.8 Å². The summed E-state index contributed by atoms with van der Waals surface area (Å²) in [5, 5.41) is 23.6. The lowest BCUT2D eigenvalue weighted by Crippen LogP contribution is -2.38. The SMILES string of the molecule is CC(C)N(CC[C@H](C1=CC=CCC1)c1cc(CCOc2ccc(CCNC(=O)c3ccc(O)cc3Cl)cc2)ccc1O)C(C)C. The number of hydrogen-bond donors (Lipinski definition) is 3. The number of carbonyl (C=O) groups excluding carboxylic acids is 1. The number of benzene rings is 3. The first-order valence-corrected chi connectivity index (χ1v) is 16.4. The molecular formula is C38H47ClN2O4. The standard InChI is InChI=1S/C38H47ClN2O4/c1-26(2)41(27(3)4)22-19-33(30-8-6-5-7-9-30)35-24-29(12-17-37(35)43)20-23-45-32-14-10-28(11-15-32)18-21-40-38(44)34-16-13-31(42)25-36(34)39/h5-6,8,10-17,24-27,33,42-43H,7,9,18-23H2,1-4H3,(H,40,44)/t33-/m1/s1. The Hall–Kier alpha value is -3.74. The van der Waals surface area contributed by atoms with E-state index in [2.05, 4.69) is 62.2 Å². The number of aromatic hydroxyl groups is 2. The largest absolute Gasteiger partial charge is 0.508 e. The Bertz CT molecular complexity index is 1470. The molecule has 0 aromatic heterocycles. The number of hydrogen-bond acceptors (Lipinski definition) is 5. The average molecular weight is 631 g/mol. The molecule has 1 aliphatic carbocycles. The van der Waals surface area contributed by atoms with E-state index in [1.54, 1.807) is 0 Å². The number of allylic oxidation sites excluding steroid dienone is 4. The lowest BCUT2D eigenvalue weighted by Gasteiger charge is -2.33. The maximum Gasteiger partial charge on any atom is 0.252 e. The van der Waals surface area contributed by atoms with Crippen molar-refractivity contribution in [3.63, 3.8) is 0 Å². The first-order chi connectivity index (χ1) is 21.6. The van der Waals surface area contributed by atoms with Gasteiger partial charge in [-0.15, -0.1) is 0 Å². The highest BCUT2D eigenvalue weighted by molar-refractivity contribution is 6.34. The summed E-state index contributed by atoms with van der Waals surface area (Å²) in [5.41, 5.74) is 4.95. The zero-order valence-electron chi connectivity index (χ0n) is 26.9. The van der Waals surface area contributed by atoms with Gasteiger partial charge < -0.3 is 20.3 Å². The van der Waals surface area contributed by atoms with Gasteiger partial charge in [0.15, 0.2) is 0 Å². The average Bonchev–Trinajstić information content (AvgIpc) is 3.01. The summed E-state index contributed by atoms with van der Waals surface area (Å²) in [4.78, 5) is 14.9. The summed E-state index contributed by atoms with van der Waals surface area (Å²) in [6.07, 6.45) is 11.0. The molecule has 0 saturated heterocycles. The molecule has 240 valence electrons. The van der Waals surface area contributed by atoms with Crippen LogP contribution in [0.5, 0.6) is 17.2 Å². The molecule has 1 aliphatic rings. The van der Waals surface area contributed by atoms with E-state index in [0.717, 1.165) is 54.7 Å². The van der Waals surface area contributed by atoms with Gasteiger partial charge in [0.05, 0.1) is 17.2 Å². The van der Waals surface area contributed by atoms with Gasteiger partial charge in [0.1, 0.15) is 17.2 Å².